The maximum atomic E-state index is 12.6. The Kier molecular flexibility index (Phi) is 4.74. The van der Waals surface area contributed by atoms with E-state index < -0.39 is 17.8 Å². The first-order valence-electron chi connectivity index (χ1n) is 7.02. The monoisotopic (exact) mass is 350 g/mol. The van der Waals surface area contributed by atoms with Gasteiger partial charge in [0, 0.05) is 12.7 Å². The molecule has 0 aliphatic carbocycles. The number of ether oxygens (including phenoxy) is 1. The molecule has 0 saturated carbocycles. The summed E-state index contributed by atoms with van der Waals surface area (Å²) in [5.41, 5.74) is 7.51. The lowest BCUT2D eigenvalue weighted by Crippen LogP contribution is -2.16. The number of aromatic nitrogens is 2. The van der Waals surface area contributed by atoms with Crippen LogP contribution in [0.25, 0.3) is 0 Å². The summed E-state index contributed by atoms with van der Waals surface area (Å²) in [7, 11) is 2.96. The fourth-order valence-electron chi connectivity index (χ4n) is 2.45. The van der Waals surface area contributed by atoms with Crippen molar-refractivity contribution < 1.29 is 19.1 Å². The molecule has 0 aromatic carbocycles. The van der Waals surface area contributed by atoms with Crippen LogP contribution < -0.4 is 11.1 Å². The third kappa shape index (κ3) is 2.90. The van der Waals surface area contributed by atoms with Crippen LogP contribution >= 0.6 is 11.3 Å². The zero-order valence-corrected chi connectivity index (χ0v) is 14.8. The van der Waals surface area contributed by atoms with Gasteiger partial charge in [0.1, 0.15) is 5.00 Å². The van der Waals surface area contributed by atoms with Crippen LogP contribution in [0.5, 0.6) is 0 Å². The SMILES string of the molecule is COC(=O)c1c(NC(=O)c2c(C)nn(C)c2C)sc(C(N)=O)c1C. The number of anilines is 1. The highest BCUT2D eigenvalue weighted by atomic mass is 32.1. The molecule has 0 bridgehead atoms. The second kappa shape index (κ2) is 6.44. The molecule has 2 rings (SSSR count). The highest BCUT2D eigenvalue weighted by molar-refractivity contribution is 7.18. The predicted molar refractivity (Wildman–Crippen MR) is 89.5 cm³/mol. The van der Waals surface area contributed by atoms with Gasteiger partial charge in [0.2, 0.25) is 0 Å². The zero-order valence-electron chi connectivity index (χ0n) is 14.0. The van der Waals surface area contributed by atoms with Crippen LogP contribution in [0.15, 0.2) is 0 Å². The van der Waals surface area contributed by atoms with Crippen LogP contribution in [-0.2, 0) is 11.8 Å². The van der Waals surface area contributed by atoms with Crippen LogP contribution in [0.3, 0.4) is 0 Å². The average molecular weight is 350 g/mol. The first kappa shape index (κ1) is 17.7. The number of hydrogen-bond donors (Lipinski definition) is 2. The van der Waals surface area contributed by atoms with Crippen molar-refractivity contribution in [3.05, 3.63) is 33.0 Å². The molecular weight excluding hydrogens is 332 g/mol. The summed E-state index contributed by atoms with van der Waals surface area (Å²) >= 11 is 0.945. The number of carbonyl (C=O) groups is 3. The Morgan fingerprint density at radius 1 is 1.21 bits per heavy atom. The van der Waals surface area contributed by atoms with Crippen molar-refractivity contribution in [2.24, 2.45) is 12.8 Å². The quantitative estimate of drug-likeness (QED) is 0.811. The Labute approximate surface area is 142 Å². The number of methoxy groups -OCH3 is 1. The van der Waals surface area contributed by atoms with E-state index in [1.165, 1.54) is 7.11 Å². The number of nitrogens with zero attached hydrogens (tertiary/aromatic N) is 2. The van der Waals surface area contributed by atoms with Crippen molar-refractivity contribution in [1.29, 1.82) is 0 Å². The van der Waals surface area contributed by atoms with E-state index in [1.807, 2.05) is 0 Å². The summed E-state index contributed by atoms with van der Waals surface area (Å²) in [6.45, 7) is 5.07. The van der Waals surface area contributed by atoms with Gasteiger partial charge in [-0.25, -0.2) is 4.79 Å². The molecule has 2 heterocycles. The number of aryl methyl sites for hydroxylation is 2. The fourth-order valence-corrected chi connectivity index (χ4v) is 3.49. The minimum absolute atomic E-state index is 0.129. The average Bonchev–Trinajstić information content (AvgIpc) is 2.95. The minimum atomic E-state index is -0.670. The summed E-state index contributed by atoms with van der Waals surface area (Å²) < 4.78 is 6.33. The van der Waals surface area contributed by atoms with Gasteiger partial charge in [-0.1, -0.05) is 0 Å². The molecule has 0 spiro atoms. The molecule has 0 fully saturated rings. The van der Waals surface area contributed by atoms with E-state index in [2.05, 4.69) is 10.4 Å². The molecule has 2 amide bonds. The molecule has 0 aliphatic heterocycles. The molecule has 0 saturated heterocycles. The van der Waals surface area contributed by atoms with Crippen molar-refractivity contribution in [1.82, 2.24) is 9.78 Å². The van der Waals surface area contributed by atoms with Crippen LogP contribution in [0.1, 0.15) is 47.3 Å². The van der Waals surface area contributed by atoms with E-state index in [-0.39, 0.29) is 15.4 Å². The van der Waals surface area contributed by atoms with Crippen LogP contribution in [-0.4, -0.2) is 34.7 Å². The van der Waals surface area contributed by atoms with Gasteiger partial charge in [-0.05, 0) is 26.3 Å². The summed E-state index contributed by atoms with van der Waals surface area (Å²) in [5, 5.41) is 7.09. The van der Waals surface area contributed by atoms with Crippen molar-refractivity contribution in [2.75, 3.05) is 12.4 Å². The highest BCUT2D eigenvalue weighted by Gasteiger charge is 2.27. The van der Waals surface area contributed by atoms with Crippen molar-refractivity contribution in [3.8, 4) is 0 Å². The molecule has 9 heteroatoms. The van der Waals surface area contributed by atoms with E-state index in [4.69, 9.17) is 10.5 Å². The maximum Gasteiger partial charge on any atom is 0.341 e. The third-order valence-electron chi connectivity index (χ3n) is 3.72. The molecule has 0 radical (unpaired) electrons. The zero-order chi connectivity index (χ0) is 18.2. The third-order valence-corrected chi connectivity index (χ3v) is 4.95. The summed E-state index contributed by atoms with van der Waals surface area (Å²) in [6, 6.07) is 0. The van der Waals surface area contributed by atoms with Gasteiger partial charge in [0.15, 0.2) is 0 Å². The molecule has 8 nitrogen and oxygen atoms in total. The highest BCUT2D eigenvalue weighted by Crippen LogP contribution is 2.34. The van der Waals surface area contributed by atoms with Crippen molar-refractivity contribution in [2.45, 2.75) is 20.8 Å². The second-order valence-corrected chi connectivity index (χ2v) is 6.26. The standard InChI is InChI=1S/C15H18N4O4S/c1-6-9(15(22)23-5)14(24-11(6)12(16)20)17-13(21)10-7(2)18-19(4)8(10)3/h1-5H3,(H2,16,20)(H,17,21). The number of rotatable bonds is 4. The molecule has 128 valence electrons. The van der Waals surface area contributed by atoms with Crippen LogP contribution in [0.2, 0.25) is 0 Å². The molecule has 2 aromatic heterocycles. The molecule has 0 unspecified atom stereocenters. The Hall–Kier alpha value is -2.68. The number of thiophene rings is 1. The number of nitrogens with one attached hydrogen (secondary N) is 1. The first-order chi connectivity index (χ1) is 11.2. The topological polar surface area (TPSA) is 116 Å². The van der Waals surface area contributed by atoms with Crippen molar-refractivity contribution in [3.63, 3.8) is 0 Å². The molecule has 3 N–H and O–H groups in total. The fraction of sp³-hybridized carbons (Fsp3) is 0.333. The molecule has 2 aromatic rings. The normalized spacial score (nSPS) is 10.5. The van der Waals surface area contributed by atoms with Gasteiger partial charge in [-0.15, -0.1) is 11.3 Å². The van der Waals surface area contributed by atoms with E-state index in [9.17, 15) is 14.4 Å². The van der Waals surface area contributed by atoms with Gasteiger partial charge < -0.3 is 15.8 Å². The van der Waals surface area contributed by atoms with Gasteiger partial charge in [0.25, 0.3) is 11.8 Å². The number of carbonyl (C=O) groups excluding carboxylic acids is 3. The Morgan fingerprint density at radius 2 is 1.83 bits per heavy atom. The predicted octanol–water partition coefficient (Wildman–Crippen LogP) is 1.54. The Balaban J connectivity index is 2.49. The van der Waals surface area contributed by atoms with E-state index in [0.29, 0.717) is 22.5 Å². The summed E-state index contributed by atoms with van der Waals surface area (Å²) in [6.07, 6.45) is 0. The second-order valence-electron chi connectivity index (χ2n) is 5.24. The number of nitrogens with two attached hydrogens (primary N) is 1. The molecule has 24 heavy (non-hydrogen) atoms. The lowest BCUT2D eigenvalue weighted by atomic mass is 10.1. The number of esters is 1. The Morgan fingerprint density at radius 3 is 2.29 bits per heavy atom. The smallest absolute Gasteiger partial charge is 0.341 e. The van der Waals surface area contributed by atoms with Gasteiger partial charge in [-0.2, -0.15) is 5.10 Å². The molecule has 0 aliphatic rings. The summed E-state index contributed by atoms with van der Waals surface area (Å²) in [5.74, 6) is -1.73. The number of hydrogen-bond acceptors (Lipinski definition) is 6. The van der Waals surface area contributed by atoms with Crippen molar-refractivity contribution >= 4 is 34.1 Å². The first-order valence-corrected chi connectivity index (χ1v) is 7.83. The van der Waals surface area contributed by atoms with Gasteiger partial charge in [-0.3, -0.25) is 14.3 Å². The van der Waals surface area contributed by atoms with E-state index in [1.54, 1.807) is 32.5 Å². The lowest BCUT2D eigenvalue weighted by Gasteiger charge is -2.06. The Bertz CT molecular complexity index is 850. The largest absolute Gasteiger partial charge is 0.465 e. The number of primary amides is 1. The van der Waals surface area contributed by atoms with E-state index >= 15 is 0 Å². The van der Waals surface area contributed by atoms with Crippen LogP contribution in [0, 0.1) is 20.8 Å². The van der Waals surface area contributed by atoms with Gasteiger partial charge in [0.05, 0.1) is 28.8 Å². The molecule has 0 atom stereocenters. The minimum Gasteiger partial charge on any atom is -0.465 e. The van der Waals surface area contributed by atoms with Gasteiger partial charge >= 0.3 is 5.97 Å². The maximum absolute atomic E-state index is 12.6. The van der Waals surface area contributed by atoms with E-state index in [0.717, 1.165) is 11.3 Å². The number of amides is 2. The molecular formula is C15H18N4O4S. The van der Waals surface area contributed by atoms with Crippen LogP contribution in [0.4, 0.5) is 5.00 Å². The lowest BCUT2D eigenvalue weighted by molar-refractivity contribution is 0.0601. The summed E-state index contributed by atoms with van der Waals surface area (Å²) in [4.78, 5) is 36.3.